The second-order valence-electron chi connectivity index (χ2n) is 7.97. The molecule has 0 unspecified atom stereocenters. The van der Waals surface area contributed by atoms with Gasteiger partial charge in [0.05, 0.1) is 17.0 Å². The van der Waals surface area contributed by atoms with Crippen LogP contribution >= 0.6 is 0 Å². The lowest BCUT2D eigenvalue weighted by Gasteiger charge is -2.26. The molecule has 0 amide bonds. The summed E-state index contributed by atoms with van der Waals surface area (Å²) in [6, 6.07) is 28.9. The van der Waals surface area contributed by atoms with E-state index in [2.05, 4.69) is 4.72 Å². The summed E-state index contributed by atoms with van der Waals surface area (Å²) in [5.74, 6) is 0. The van der Waals surface area contributed by atoms with Crippen molar-refractivity contribution in [2.45, 2.75) is 17.0 Å². The zero-order chi connectivity index (χ0) is 22.7. The van der Waals surface area contributed by atoms with Crippen LogP contribution in [-0.2, 0) is 10.0 Å². The number of nitrogens with one attached hydrogen (secondary N) is 1. The molecule has 2 atom stereocenters. The number of rotatable bonds is 7. The summed E-state index contributed by atoms with van der Waals surface area (Å²) in [4.78, 5) is 2.21. The lowest BCUT2D eigenvalue weighted by atomic mass is 9.95. The molecule has 164 valence electrons. The maximum absolute atomic E-state index is 13.7. The Morgan fingerprint density at radius 3 is 1.91 bits per heavy atom. The summed E-state index contributed by atoms with van der Waals surface area (Å²) in [7, 11) is 0.00770. The van der Waals surface area contributed by atoms with Gasteiger partial charge in [-0.1, -0.05) is 84.9 Å². The second-order valence-corrected chi connectivity index (χ2v) is 9.65. The van der Waals surface area contributed by atoms with E-state index in [-0.39, 0.29) is 4.90 Å². The third-order valence-electron chi connectivity index (χ3n) is 5.61. The lowest BCUT2D eigenvalue weighted by Crippen LogP contribution is -2.36. The summed E-state index contributed by atoms with van der Waals surface area (Å²) >= 11 is 0. The Hall–Kier alpha value is -3.19. The first-order chi connectivity index (χ1) is 15.4. The van der Waals surface area contributed by atoms with E-state index in [9.17, 15) is 8.42 Å². The monoisotopic (exact) mass is 445 g/mol. The third-order valence-corrected chi connectivity index (χ3v) is 7.11. The van der Waals surface area contributed by atoms with E-state index < -0.39 is 22.1 Å². The van der Waals surface area contributed by atoms with Crippen molar-refractivity contribution < 1.29 is 8.42 Å². The number of nitrogens with two attached hydrogens (primary N) is 1. The van der Waals surface area contributed by atoms with Crippen LogP contribution in [0.15, 0.2) is 102 Å². The maximum atomic E-state index is 13.7. The molecule has 6 heteroatoms. The van der Waals surface area contributed by atoms with Gasteiger partial charge in [0.15, 0.2) is 0 Å². The van der Waals surface area contributed by atoms with Gasteiger partial charge in [0.1, 0.15) is 0 Å². The molecule has 0 spiro atoms. The highest BCUT2D eigenvalue weighted by molar-refractivity contribution is 7.89. The Labute approximate surface area is 189 Å². The molecule has 3 N–H and O–H groups in total. The molecule has 0 heterocycles. The van der Waals surface area contributed by atoms with Gasteiger partial charge in [-0.25, -0.2) is 13.1 Å². The number of hydrogen-bond acceptors (Lipinski definition) is 4. The summed E-state index contributed by atoms with van der Waals surface area (Å²) in [6.07, 6.45) is 0. The minimum absolute atomic E-state index is 0.236. The van der Waals surface area contributed by atoms with Gasteiger partial charge in [-0.05, 0) is 23.3 Å². The van der Waals surface area contributed by atoms with Gasteiger partial charge in [-0.15, -0.1) is 0 Å². The summed E-state index contributed by atoms with van der Waals surface area (Å²) in [6.45, 7) is 0. The Morgan fingerprint density at radius 2 is 1.28 bits per heavy atom. The molecule has 0 radical (unpaired) electrons. The van der Waals surface area contributed by atoms with E-state index in [0.717, 1.165) is 22.2 Å². The van der Waals surface area contributed by atoms with Crippen LogP contribution in [0.2, 0.25) is 0 Å². The Bertz CT molecular complexity index is 1310. The molecular formula is C26H27N3O2S. The zero-order valence-corrected chi connectivity index (χ0v) is 19.0. The summed E-state index contributed by atoms with van der Waals surface area (Å²) in [5, 5.41) is 1.55. The minimum atomic E-state index is -3.88. The number of nitrogens with zero attached hydrogens (tertiary/aromatic N) is 1. The number of hydrogen-bond donors (Lipinski definition) is 2. The fraction of sp³-hybridized carbons (Fsp3) is 0.154. The Kier molecular flexibility index (Phi) is 6.28. The number of benzene rings is 4. The lowest BCUT2D eigenvalue weighted by molar-refractivity contribution is 0.504. The van der Waals surface area contributed by atoms with Crippen LogP contribution in [0.3, 0.4) is 0 Å². The maximum Gasteiger partial charge on any atom is 0.241 e. The van der Waals surface area contributed by atoms with Gasteiger partial charge in [-0.3, -0.25) is 0 Å². The van der Waals surface area contributed by atoms with Gasteiger partial charge >= 0.3 is 0 Å². The molecule has 4 rings (SSSR count). The molecule has 0 aliphatic rings. The van der Waals surface area contributed by atoms with Crippen LogP contribution in [0, 0.1) is 0 Å². The van der Waals surface area contributed by atoms with E-state index >= 15 is 0 Å². The van der Waals surface area contributed by atoms with Gasteiger partial charge in [0.25, 0.3) is 0 Å². The van der Waals surface area contributed by atoms with Crippen molar-refractivity contribution in [1.29, 1.82) is 0 Å². The van der Waals surface area contributed by atoms with Crippen molar-refractivity contribution in [3.63, 3.8) is 0 Å². The summed E-state index contributed by atoms with van der Waals surface area (Å²) < 4.78 is 30.2. The summed E-state index contributed by atoms with van der Waals surface area (Å²) in [5.41, 5.74) is 9.22. The van der Waals surface area contributed by atoms with Crippen LogP contribution < -0.4 is 15.4 Å². The third kappa shape index (κ3) is 4.39. The van der Waals surface area contributed by atoms with Crippen LogP contribution in [-0.4, -0.2) is 22.5 Å². The van der Waals surface area contributed by atoms with Crippen LogP contribution in [0.1, 0.15) is 23.2 Å². The van der Waals surface area contributed by atoms with Gasteiger partial charge < -0.3 is 10.6 Å². The fourth-order valence-electron chi connectivity index (χ4n) is 4.00. The topological polar surface area (TPSA) is 75.4 Å². The molecule has 5 nitrogen and oxygen atoms in total. The number of anilines is 1. The van der Waals surface area contributed by atoms with E-state index in [0.29, 0.717) is 5.39 Å². The predicted molar refractivity (Wildman–Crippen MR) is 131 cm³/mol. The number of sulfonamides is 1. The normalized spacial score (nSPS) is 13.6. The fourth-order valence-corrected chi connectivity index (χ4v) is 5.47. The minimum Gasteiger partial charge on any atom is -0.377 e. The van der Waals surface area contributed by atoms with Crippen LogP contribution in [0.4, 0.5) is 5.69 Å². The van der Waals surface area contributed by atoms with Gasteiger partial charge in [0.2, 0.25) is 10.0 Å². The first kappa shape index (κ1) is 22.0. The predicted octanol–water partition coefficient (Wildman–Crippen LogP) is 4.63. The SMILES string of the molecule is CN(C)c1cccc2c(S(=O)(=O)N[C@@H](c3ccccc3)[C@@H](N)c3ccccc3)cccc12. The average molecular weight is 446 g/mol. The standard InChI is InChI=1S/C26H27N3O2S/c1-29(2)23-17-9-16-22-21(23)15-10-18-24(22)32(30,31)28-26(20-13-7-4-8-14-20)25(27)19-11-5-3-6-12-19/h3-18,25-26,28H,27H2,1-2H3/t25-,26-/m0/s1. The van der Waals surface area contributed by atoms with E-state index in [1.165, 1.54) is 0 Å². The van der Waals surface area contributed by atoms with Crippen molar-refractivity contribution in [2.75, 3.05) is 19.0 Å². The highest BCUT2D eigenvalue weighted by Crippen LogP contribution is 2.33. The average Bonchev–Trinajstić information content (AvgIpc) is 2.82. The largest absolute Gasteiger partial charge is 0.377 e. The molecule has 0 aliphatic heterocycles. The Morgan fingerprint density at radius 1 is 0.719 bits per heavy atom. The van der Waals surface area contributed by atoms with Crippen molar-refractivity contribution >= 4 is 26.5 Å². The first-order valence-corrected chi connectivity index (χ1v) is 11.9. The molecule has 0 aromatic heterocycles. The van der Waals surface area contributed by atoms with Gasteiger partial charge in [-0.2, -0.15) is 0 Å². The quantitative estimate of drug-likeness (QED) is 0.435. The Balaban J connectivity index is 1.80. The molecule has 0 bridgehead atoms. The van der Waals surface area contributed by atoms with Crippen molar-refractivity contribution in [1.82, 2.24) is 4.72 Å². The molecular weight excluding hydrogens is 418 g/mol. The van der Waals surface area contributed by atoms with Crippen molar-refractivity contribution in [3.8, 4) is 0 Å². The molecule has 4 aromatic rings. The van der Waals surface area contributed by atoms with E-state index in [4.69, 9.17) is 5.73 Å². The molecule has 4 aromatic carbocycles. The molecule has 32 heavy (non-hydrogen) atoms. The smallest absolute Gasteiger partial charge is 0.241 e. The van der Waals surface area contributed by atoms with Crippen LogP contribution in [0.5, 0.6) is 0 Å². The first-order valence-electron chi connectivity index (χ1n) is 10.5. The highest BCUT2D eigenvalue weighted by atomic mass is 32.2. The molecule has 0 fully saturated rings. The number of fused-ring (bicyclic) bond motifs is 1. The van der Waals surface area contributed by atoms with Gasteiger partial charge in [0, 0.05) is 30.6 Å². The zero-order valence-electron chi connectivity index (χ0n) is 18.1. The molecule has 0 aliphatic carbocycles. The van der Waals surface area contributed by atoms with Crippen LogP contribution in [0.25, 0.3) is 10.8 Å². The highest BCUT2D eigenvalue weighted by Gasteiger charge is 2.28. The van der Waals surface area contributed by atoms with Crippen molar-refractivity contribution in [2.24, 2.45) is 5.73 Å². The van der Waals surface area contributed by atoms with E-state index in [1.807, 2.05) is 104 Å². The second kappa shape index (κ2) is 9.12. The molecule has 0 saturated carbocycles. The van der Waals surface area contributed by atoms with Crippen molar-refractivity contribution in [3.05, 3.63) is 108 Å². The molecule has 0 saturated heterocycles. The van der Waals surface area contributed by atoms with E-state index in [1.54, 1.807) is 12.1 Å².